The van der Waals surface area contributed by atoms with Crippen LogP contribution in [-0.4, -0.2) is 23.2 Å². The molecular formula is C13H20N2O2S. The quantitative estimate of drug-likeness (QED) is 0.727. The number of aliphatic hydroxyl groups is 1. The molecule has 1 aliphatic rings. The minimum atomic E-state index is -0.382. The number of primary amides is 1. The van der Waals surface area contributed by atoms with Crippen LogP contribution in [-0.2, 0) is 6.54 Å². The van der Waals surface area contributed by atoms with Gasteiger partial charge in [-0.3, -0.25) is 4.79 Å². The van der Waals surface area contributed by atoms with E-state index in [2.05, 4.69) is 5.32 Å². The predicted molar refractivity (Wildman–Crippen MR) is 72.6 cm³/mol. The van der Waals surface area contributed by atoms with Gasteiger partial charge in [-0.1, -0.05) is 19.3 Å². The van der Waals surface area contributed by atoms with Crippen molar-refractivity contribution in [2.75, 3.05) is 0 Å². The first-order valence-corrected chi connectivity index (χ1v) is 7.33. The maximum atomic E-state index is 11.0. The van der Waals surface area contributed by atoms with Crippen LogP contribution in [0.5, 0.6) is 0 Å². The minimum Gasteiger partial charge on any atom is -0.392 e. The molecule has 1 aliphatic carbocycles. The topological polar surface area (TPSA) is 75.4 Å². The lowest BCUT2D eigenvalue weighted by molar-refractivity contribution is 0.100. The van der Waals surface area contributed by atoms with E-state index in [9.17, 15) is 9.90 Å². The van der Waals surface area contributed by atoms with Gasteiger partial charge in [-0.15, -0.1) is 11.3 Å². The number of hydrogen-bond acceptors (Lipinski definition) is 4. The smallest absolute Gasteiger partial charge is 0.249 e. The molecule has 1 heterocycles. The Morgan fingerprint density at radius 3 is 2.94 bits per heavy atom. The summed E-state index contributed by atoms with van der Waals surface area (Å²) in [5, 5.41) is 15.2. The molecule has 1 saturated carbocycles. The zero-order chi connectivity index (χ0) is 13.0. The van der Waals surface area contributed by atoms with Crippen molar-refractivity contribution in [3.8, 4) is 0 Å². The Kier molecular flexibility index (Phi) is 4.74. The van der Waals surface area contributed by atoms with Crippen LogP contribution in [0.1, 0.15) is 47.3 Å². The summed E-state index contributed by atoms with van der Waals surface area (Å²) in [7, 11) is 0. The van der Waals surface area contributed by atoms with Crippen LogP contribution in [0.3, 0.4) is 0 Å². The Bertz CT molecular complexity index is 405. The monoisotopic (exact) mass is 268 g/mol. The summed E-state index contributed by atoms with van der Waals surface area (Å²) in [6, 6.07) is 2.00. The lowest BCUT2D eigenvalue weighted by Gasteiger charge is -2.21. The molecule has 2 atom stereocenters. The lowest BCUT2D eigenvalue weighted by atomic mass is 10.1. The van der Waals surface area contributed by atoms with E-state index in [-0.39, 0.29) is 18.1 Å². The van der Waals surface area contributed by atoms with Crippen LogP contribution >= 0.6 is 11.3 Å². The van der Waals surface area contributed by atoms with Crippen molar-refractivity contribution in [3.63, 3.8) is 0 Å². The molecule has 2 rings (SSSR count). The molecule has 2 unspecified atom stereocenters. The molecule has 1 aromatic heterocycles. The van der Waals surface area contributed by atoms with E-state index in [1.165, 1.54) is 24.2 Å². The molecule has 0 aromatic carbocycles. The molecule has 1 amide bonds. The fourth-order valence-electron chi connectivity index (χ4n) is 2.36. The number of nitrogens with one attached hydrogen (secondary N) is 1. The minimum absolute atomic E-state index is 0.173. The van der Waals surface area contributed by atoms with Crippen LogP contribution in [0.25, 0.3) is 0 Å². The van der Waals surface area contributed by atoms with E-state index in [0.29, 0.717) is 12.1 Å². The fraction of sp³-hybridized carbons (Fsp3) is 0.615. The predicted octanol–water partition coefficient (Wildman–Crippen LogP) is 1.63. The largest absolute Gasteiger partial charge is 0.392 e. The van der Waals surface area contributed by atoms with E-state index >= 15 is 0 Å². The standard InChI is InChI=1S/C13H20N2O2S/c14-13(17)9-6-10(18-8-9)7-15-11-4-2-1-3-5-12(11)16/h6,8,11-12,15-16H,1-5,7H2,(H2,14,17). The molecule has 4 nitrogen and oxygen atoms in total. The number of amides is 1. The van der Waals surface area contributed by atoms with Crippen molar-refractivity contribution in [2.45, 2.75) is 50.8 Å². The molecule has 0 spiro atoms. The molecule has 0 saturated heterocycles. The van der Waals surface area contributed by atoms with Crippen molar-refractivity contribution in [1.82, 2.24) is 5.32 Å². The molecule has 4 N–H and O–H groups in total. The fourth-order valence-corrected chi connectivity index (χ4v) is 3.18. The van der Waals surface area contributed by atoms with Crippen molar-refractivity contribution in [2.24, 2.45) is 5.73 Å². The van der Waals surface area contributed by atoms with E-state index in [0.717, 1.165) is 24.1 Å². The van der Waals surface area contributed by atoms with Gasteiger partial charge in [-0.05, 0) is 18.9 Å². The zero-order valence-electron chi connectivity index (χ0n) is 10.4. The van der Waals surface area contributed by atoms with Gasteiger partial charge in [0.05, 0.1) is 11.7 Å². The Morgan fingerprint density at radius 2 is 2.22 bits per heavy atom. The summed E-state index contributed by atoms with van der Waals surface area (Å²) in [6.45, 7) is 0.694. The van der Waals surface area contributed by atoms with Gasteiger partial charge in [0.1, 0.15) is 0 Å². The third kappa shape index (κ3) is 3.54. The van der Waals surface area contributed by atoms with Gasteiger partial charge in [0, 0.05) is 22.8 Å². The normalized spacial score (nSPS) is 24.7. The SMILES string of the molecule is NC(=O)c1csc(CNC2CCCCCC2O)c1. The molecule has 100 valence electrons. The Labute approximate surface area is 111 Å². The number of rotatable bonds is 4. The molecule has 0 bridgehead atoms. The van der Waals surface area contributed by atoms with Gasteiger partial charge in [-0.2, -0.15) is 0 Å². The lowest BCUT2D eigenvalue weighted by Crippen LogP contribution is -2.38. The molecule has 1 aromatic rings. The van der Waals surface area contributed by atoms with Gasteiger partial charge >= 0.3 is 0 Å². The second kappa shape index (κ2) is 6.31. The number of hydrogen-bond donors (Lipinski definition) is 3. The van der Waals surface area contributed by atoms with E-state index in [4.69, 9.17) is 5.73 Å². The number of carbonyl (C=O) groups is 1. The third-order valence-corrected chi connectivity index (χ3v) is 4.39. The summed E-state index contributed by atoms with van der Waals surface area (Å²) in [6.07, 6.45) is 5.16. The van der Waals surface area contributed by atoms with Crippen molar-refractivity contribution >= 4 is 17.2 Å². The summed E-state index contributed by atoms with van der Waals surface area (Å²) in [4.78, 5) is 12.1. The molecule has 1 fully saturated rings. The summed E-state index contributed by atoms with van der Waals surface area (Å²) in [5.74, 6) is -0.382. The maximum absolute atomic E-state index is 11.0. The second-order valence-electron chi connectivity index (χ2n) is 4.86. The summed E-state index contributed by atoms with van der Waals surface area (Å²) < 4.78 is 0. The summed E-state index contributed by atoms with van der Waals surface area (Å²) >= 11 is 1.53. The Morgan fingerprint density at radius 1 is 1.44 bits per heavy atom. The van der Waals surface area contributed by atoms with Gasteiger partial charge in [0.2, 0.25) is 5.91 Å². The molecule has 0 radical (unpaired) electrons. The second-order valence-corrected chi connectivity index (χ2v) is 5.85. The van der Waals surface area contributed by atoms with E-state index in [1.54, 1.807) is 5.38 Å². The van der Waals surface area contributed by atoms with Gasteiger partial charge in [-0.25, -0.2) is 0 Å². The highest BCUT2D eigenvalue weighted by Crippen LogP contribution is 2.19. The highest BCUT2D eigenvalue weighted by molar-refractivity contribution is 7.10. The Balaban J connectivity index is 1.87. The van der Waals surface area contributed by atoms with Crippen LogP contribution in [0.15, 0.2) is 11.4 Å². The van der Waals surface area contributed by atoms with Crippen molar-refractivity contribution in [3.05, 3.63) is 21.9 Å². The van der Waals surface area contributed by atoms with Gasteiger partial charge < -0.3 is 16.2 Å². The molecule has 5 heteroatoms. The van der Waals surface area contributed by atoms with Crippen LogP contribution in [0.2, 0.25) is 0 Å². The third-order valence-electron chi connectivity index (χ3n) is 3.46. The highest BCUT2D eigenvalue weighted by Gasteiger charge is 2.21. The maximum Gasteiger partial charge on any atom is 0.249 e. The highest BCUT2D eigenvalue weighted by atomic mass is 32.1. The van der Waals surface area contributed by atoms with E-state index < -0.39 is 0 Å². The van der Waals surface area contributed by atoms with Crippen molar-refractivity contribution in [1.29, 1.82) is 0 Å². The summed E-state index contributed by atoms with van der Waals surface area (Å²) in [5.41, 5.74) is 5.78. The van der Waals surface area contributed by atoms with Crippen LogP contribution in [0.4, 0.5) is 0 Å². The Hall–Kier alpha value is -0.910. The first-order valence-electron chi connectivity index (χ1n) is 6.45. The van der Waals surface area contributed by atoms with Crippen LogP contribution < -0.4 is 11.1 Å². The van der Waals surface area contributed by atoms with Crippen LogP contribution in [0, 0.1) is 0 Å². The first kappa shape index (κ1) is 13.5. The number of aliphatic hydroxyl groups excluding tert-OH is 1. The van der Waals surface area contributed by atoms with Gasteiger partial charge in [0.15, 0.2) is 0 Å². The van der Waals surface area contributed by atoms with E-state index in [1.807, 2.05) is 6.07 Å². The molecular weight excluding hydrogens is 248 g/mol. The van der Waals surface area contributed by atoms with Crippen molar-refractivity contribution < 1.29 is 9.90 Å². The van der Waals surface area contributed by atoms with Gasteiger partial charge in [0.25, 0.3) is 0 Å². The average Bonchev–Trinajstić information content (AvgIpc) is 2.72. The molecule has 18 heavy (non-hydrogen) atoms. The number of carbonyl (C=O) groups excluding carboxylic acids is 1. The average molecular weight is 268 g/mol. The number of thiophene rings is 1. The first-order chi connectivity index (χ1) is 8.66. The zero-order valence-corrected chi connectivity index (χ0v) is 11.2. The number of nitrogens with two attached hydrogens (primary N) is 1. The molecule has 0 aliphatic heterocycles.